The van der Waals surface area contributed by atoms with Crippen molar-refractivity contribution in [3.05, 3.63) is 28.0 Å². The summed E-state index contributed by atoms with van der Waals surface area (Å²) in [6.07, 6.45) is 1.91. The molecule has 1 aromatic rings. The summed E-state index contributed by atoms with van der Waals surface area (Å²) in [4.78, 5) is 22.9. The van der Waals surface area contributed by atoms with E-state index >= 15 is 0 Å². The van der Waals surface area contributed by atoms with E-state index in [1.165, 1.54) is 12.1 Å². The molecule has 1 aliphatic rings. The van der Waals surface area contributed by atoms with Crippen molar-refractivity contribution in [3.63, 3.8) is 0 Å². The van der Waals surface area contributed by atoms with Gasteiger partial charge in [0.2, 0.25) is 0 Å². The van der Waals surface area contributed by atoms with E-state index in [4.69, 9.17) is 28.3 Å². The number of carboxylic acid groups (broad SMARTS) is 1. The lowest BCUT2D eigenvalue weighted by atomic mass is 9.69. The Morgan fingerprint density at radius 1 is 1.29 bits per heavy atom. The molecule has 21 heavy (non-hydrogen) atoms. The molecule has 5 nitrogen and oxygen atoms in total. The molecule has 8 heteroatoms. The molecule has 0 aliphatic heterocycles. The quantitative estimate of drug-likeness (QED) is 0.737. The molecule has 0 heterocycles. The zero-order chi connectivity index (χ0) is 15.6. The highest BCUT2D eigenvalue weighted by Gasteiger charge is 2.44. The molecule has 0 bridgehead atoms. The Hall–Kier alpha value is -1.53. The van der Waals surface area contributed by atoms with Gasteiger partial charge in [-0.2, -0.15) is 0 Å². The summed E-state index contributed by atoms with van der Waals surface area (Å²) in [5.74, 6) is -1.68. The Labute approximate surface area is 130 Å². The third-order valence-corrected chi connectivity index (χ3v) is 4.14. The minimum Gasteiger partial charge on any atom is -0.481 e. The van der Waals surface area contributed by atoms with Crippen LogP contribution in [0.4, 0.5) is 14.9 Å². The molecule has 1 fully saturated rings. The molecule has 0 saturated heterocycles. The van der Waals surface area contributed by atoms with Gasteiger partial charge in [0.1, 0.15) is 0 Å². The van der Waals surface area contributed by atoms with Crippen molar-refractivity contribution < 1.29 is 19.1 Å². The first-order valence-electron chi connectivity index (χ1n) is 6.27. The number of hydrogen-bond acceptors (Lipinski definition) is 2. The lowest BCUT2D eigenvalue weighted by Crippen LogP contribution is -2.48. The van der Waals surface area contributed by atoms with E-state index in [0.29, 0.717) is 12.8 Å². The highest BCUT2D eigenvalue weighted by atomic mass is 35.5. The van der Waals surface area contributed by atoms with Crippen molar-refractivity contribution in [1.82, 2.24) is 5.32 Å². The fourth-order valence-electron chi connectivity index (χ4n) is 2.12. The Morgan fingerprint density at radius 2 is 1.86 bits per heavy atom. The molecule has 0 spiro atoms. The molecule has 2 rings (SSSR count). The summed E-state index contributed by atoms with van der Waals surface area (Å²) in [6, 6.07) is 1.85. The van der Waals surface area contributed by atoms with Crippen LogP contribution in [0.25, 0.3) is 0 Å². The molecule has 1 saturated carbocycles. The van der Waals surface area contributed by atoms with E-state index in [-0.39, 0.29) is 22.3 Å². The largest absolute Gasteiger partial charge is 0.481 e. The molecule has 114 valence electrons. The second-order valence-corrected chi connectivity index (χ2v) is 5.81. The first-order valence-corrected chi connectivity index (χ1v) is 7.02. The van der Waals surface area contributed by atoms with Crippen LogP contribution in [0.15, 0.2) is 12.1 Å². The van der Waals surface area contributed by atoms with Crippen LogP contribution in [-0.2, 0) is 4.79 Å². The number of carbonyl (C=O) groups excluding carboxylic acids is 1. The zero-order valence-electron chi connectivity index (χ0n) is 10.9. The molecule has 0 atom stereocenters. The van der Waals surface area contributed by atoms with Crippen LogP contribution >= 0.6 is 23.2 Å². The van der Waals surface area contributed by atoms with Gasteiger partial charge in [0, 0.05) is 12.2 Å². The van der Waals surface area contributed by atoms with Gasteiger partial charge < -0.3 is 15.7 Å². The van der Waals surface area contributed by atoms with Crippen LogP contribution < -0.4 is 10.6 Å². The van der Waals surface area contributed by atoms with Crippen molar-refractivity contribution in [2.45, 2.75) is 19.3 Å². The van der Waals surface area contributed by atoms with Crippen LogP contribution in [-0.4, -0.2) is 23.7 Å². The number of urea groups is 1. The summed E-state index contributed by atoms with van der Waals surface area (Å²) in [6.45, 7) is 0.0385. The summed E-state index contributed by atoms with van der Waals surface area (Å²) in [5, 5.41) is 13.7. The molecular formula is C13H13Cl2FN2O3. The van der Waals surface area contributed by atoms with Gasteiger partial charge in [0.05, 0.1) is 15.5 Å². The standard InChI is InChI=1S/C13H13Cl2FN2O3/c14-8-4-7(5-9(15)10(8)16)18-12(21)17-6-13(11(19)20)2-1-3-13/h4-5H,1-3,6H2,(H,19,20)(H2,17,18,21). The van der Waals surface area contributed by atoms with Crippen LogP contribution in [0, 0.1) is 11.2 Å². The second kappa shape index (κ2) is 6.07. The molecule has 0 aromatic heterocycles. The third kappa shape index (κ3) is 3.39. The Balaban J connectivity index is 1.95. The van der Waals surface area contributed by atoms with Gasteiger partial charge in [0.25, 0.3) is 0 Å². The van der Waals surface area contributed by atoms with Gasteiger partial charge in [-0.25, -0.2) is 9.18 Å². The Morgan fingerprint density at radius 3 is 2.29 bits per heavy atom. The number of benzene rings is 1. The predicted octanol–water partition coefficient (Wildman–Crippen LogP) is 3.51. The number of amides is 2. The Kier molecular flexibility index (Phi) is 4.58. The number of halogens is 3. The molecule has 0 radical (unpaired) electrons. The van der Waals surface area contributed by atoms with Gasteiger partial charge in [-0.3, -0.25) is 4.79 Å². The molecule has 2 amide bonds. The Bertz CT molecular complexity index is 568. The van der Waals surface area contributed by atoms with E-state index in [1.807, 2.05) is 0 Å². The number of aliphatic carboxylic acids is 1. The fourth-order valence-corrected chi connectivity index (χ4v) is 2.61. The van der Waals surface area contributed by atoms with Gasteiger partial charge in [0.15, 0.2) is 5.82 Å². The van der Waals surface area contributed by atoms with Crippen LogP contribution in [0.1, 0.15) is 19.3 Å². The fraction of sp³-hybridized carbons (Fsp3) is 0.385. The molecule has 1 aliphatic carbocycles. The van der Waals surface area contributed by atoms with E-state index in [2.05, 4.69) is 10.6 Å². The van der Waals surface area contributed by atoms with Crippen LogP contribution in [0.3, 0.4) is 0 Å². The lowest BCUT2D eigenvalue weighted by Gasteiger charge is -2.37. The first kappa shape index (κ1) is 15.9. The van der Waals surface area contributed by atoms with Gasteiger partial charge >= 0.3 is 12.0 Å². The maximum atomic E-state index is 13.2. The monoisotopic (exact) mass is 334 g/mol. The maximum Gasteiger partial charge on any atom is 0.319 e. The SMILES string of the molecule is O=C(NCC1(C(=O)O)CCC1)Nc1cc(Cl)c(F)c(Cl)c1. The maximum absolute atomic E-state index is 13.2. The number of rotatable bonds is 4. The zero-order valence-corrected chi connectivity index (χ0v) is 12.4. The number of anilines is 1. The van der Waals surface area contributed by atoms with Crippen LogP contribution in [0.2, 0.25) is 10.0 Å². The molecular weight excluding hydrogens is 322 g/mol. The topological polar surface area (TPSA) is 78.4 Å². The predicted molar refractivity (Wildman–Crippen MR) is 77.4 cm³/mol. The summed E-state index contributed by atoms with van der Waals surface area (Å²) in [5.41, 5.74) is -0.656. The number of hydrogen-bond donors (Lipinski definition) is 3. The average Bonchev–Trinajstić information content (AvgIpc) is 2.34. The number of nitrogens with one attached hydrogen (secondary N) is 2. The van der Waals surface area contributed by atoms with Crippen molar-refractivity contribution in [2.75, 3.05) is 11.9 Å². The van der Waals surface area contributed by atoms with E-state index < -0.39 is 23.2 Å². The summed E-state index contributed by atoms with van der Waals surface area (Å²) < 4.78 is 13.2. The molecule has 0 unspecified atom stereocenters. The number of carboxylic acids is 1. The molecule has 1 aromatic carbocycles. The van der Waals surface area contributed by atoms with E-state index in [1.54, 1.807) is 0 Å². The van der Waals surface area contributed by atoms with Gasteiger partial charge in [-0.1, -0.05) is 29.6 Å². The minimum atomic E-state index is -0.915. The number of carbonyl (C=O) groups is 2. The smallest absolute Gasteiger partial charge is 0.319 e. The minimum absolute atomic E-state index is 0.0385. The van der Waals surface area contributed by atoms with Gasteiger partial charge in [-0.15, -0.1) is 0 Å². The summed E-state index contributed by atoms with van der Waals surface area (Å²) >= 11 is 11.2. The first-order chi connectivity index (χ1) is 9.84. The lowest BCUT2D eigenvalue weighted by molar-refractivity contribution is -0.153. The normalized spacial score (nSPS) is 16.0. The van der Waals surface area contributed by atoms with Gasteiger partial charge in [-0.05, 0) is 25.0 Å². The van der Waals surface area contributed by atoms with E-state index in [9.17, 15) is 14.0 Å². The highest BCUT2D eigenvalue weighted by Crippen LogP contribution is 2.40. The van der Waals surface area contributed by atoms with Crippen molar-refractivity contribution in [3.8, 4) is 0 Å². The molecule has 3 N–H and O–H groups in total. The average molecular weight is 335 g/mol. The van der Waals surface area contributed by atoms with Crippen molar-refractivity contribution in [1.29, 1.82) is 0 Å². The third-order valence-electron chi connectivity index (χ3n) is 3.59. The van der Waals surface area contributed by atoms with E-state index in [0.717, 1.165) is 6.42 Å². The second-order valence-electron chi connectivity index (χ2n) is 5.00. The van der Waals surface area contributed by atoms with Crippen molar-refractivity contribution >= 4 is 40.9 Å². The van der Waals surface area contributed by atoms with Crippen LogP contribution in [0.5, 0.6) is 0 Å². The highest BCUT2D eigenvalue weighted by molar-refractivity contribution is 6.35. The summed E-state index contributed by atoms with van der Waals surface area (Å²) in [7, 11) is 0. The van der Waals surface area contributed by atoms with Crippen molar-refractivity contribution in [2.24, 2.45) is 5.41 Å².